The van der Waals surface area contributed by atoms with E-state index in [1.54, 1.807) is 24.3 Å². The lowest BCUT2D eigenvalue weighted by molar-refractivity contribution is -0.137. The summed E-state index contributed by atoms with van der Waals surface area (Å²) in [6.07, 6.45) is -1.85. The van der Waals surface area contributed by atoms with Crippen LogP contribution in [0, 0.1) is 0 Å². The van der Waals surface area contributed by atoms with Crippen molar-refractivity contribution in [3.8, 4) is 5.69 Å². The lowest BCUT2D eigenvalue weighted by Gasteiger charge is -2.13. The Morgan fingerprint density at radius 3 is 2.26 bits per heavy atom. The highest BCUT2D eigenvalue weighted by Gasteiger charge is 2.35. The number of carbonyl (C=O) groups excluding carboxylic acids is 2. The third-order valence-corrected chi connectivity index (χ3v) is 5.39. The molecule has 10 heteroatoms. The fourth-order valence-electron chi connectivity index (χ4n) is 3.69. The maximum Gasteiger partial charge on any atom is 0.416 e. The van der Waals surface area contributed by atoms with Crippen LogP contribution in [0.3, 0.4) is 0 Å². The fraction of sp³-hybridized carbons (Fsp3) is 0.208. The second-order valence-electron chi connectivity index (χ2n) is 7.80. The Hall–Kier alpha value is -4.08. The quantitative estimate of drug-likeness (QED) is 0.418. The van der Waals surface area contributed by atoms with Crippen LogP contribution in [0.2, 0.25) is 0 Å². The van der Waals surface area contributed by atoms with Crippen molar-refractivity contribution in [2.45, 2.75) is 32.5 Å². The highest BCUT2D eigenvalue weighted by Crippen LogP contribution is 2.29. The summed E-state index contributed by atoms with van der Waals surface area (Å²) < 4.78 is 39.7. The number of urea groups is 1. The van der Waals surface area contributed by atoms with E-state index in [1.807, 2.05) is 13.0 Å². The van der Waals surface area contributed by atoms with Crippen LogP contribution in [0.5, 0.6) is 0 Å². The molecule has 7 nitrogen and oxygen atoms in total. The minimum Gasteiger partial charge on any atom is -0.303 e. The van der Waals surface area contributed by atoms with E-state index in [4.69, 9.17) is 0 Å². The summed E-state index contributed by atoms with van der Waals surface area (Å²) >= 11 is 0. The van der Waals surface area contributed by atoms with Crippen molar-refractivity contribution in [2.75, 3.05) is 0 Å². The van der Waals surface area contributed by atoms with Crippen molar-refractivity contribution in [3.63, 3.8) is 0 Å². The normalized spacial score (nSPS) is 15.3. The van der Waals surface area contributed by atoms with Crippen LogP contribution in [0.15, 0.2) is 65.1 Å². The molecule has 2 aromatic carbocycles. The molecule has 34 heavy (non-hydrogen) atoms. The number of aromatic amines is 1. The zero-order valence-corrected chi connectivity index (χ0v) is 18.1. The van der Waals surface area contributed by atoms with Crippen molar-refractivity contribution in [1.82, 2.24) is 20.0 Å². The summed E-state index contributed by atoms with van der Waals surface area (Å²) in [5, 5.41) is 5.53. The molecule has 1 aromatic heterocycles. The van der Waals surface area contributed by atoms with E-state index >= 15 is 0 Å². The largest absolute Gasteiger partial charge is 0.416 e. The van der Waals surface area contributed by atoms with Crippen LogP contribution in [-0.2, 0) is 23.9 Å². The number of nitrogens with zero attached hydrogens (tertiary/aromatic N) is 2. The van der Waals surface area contributed by atoms with Crippen LogP contribution in [0.25, 0.3) is 11.8 Å². The van der Waals surface area contributed by atoms with E-state index in [2.05, 4.69) is 10.4 Å². The molecule has 176 valence electrons. The van der Waals surface area contributed by atoms with E-state index in [0.29, 0.717) is 23.4 Å². The summed E-state index contributed by atoms with van der Waals surface area (Å²) in [5.41, 5.74) is 0.589. The Balaban J connectivity index is 1.62. The van der Waals surface area contributed by atoms with Crippen LogP contribution < -0.4 is 10.9 Å². The molecule has 3 amide bonds. The number of para-hydroxylation sites is 1. The molecule has 3 aromatic rings. The molecule has 0 radical (unpaired) electrons. The highest BCUT2D eigenvalue weighted by atomic mass is 19.4. The van der Waals surface area contributed by atoms with Gasteiger partial charge in [-0.2, -0.15) is 13.2 Å². The van der Waals surface area contributed by atoms with Gasteiger partial charge in [0.1, 0.15) is 5.70 Å². The van der Waals surface area contributed by atoms with Gasteiger partial charge >= 0.3 is 12.2 Å². The first-order valence-electron chi connectivity index (χ1n) is 10.6. The number of benzene rings is 2. The molecule has 0 saturated carbocycles. The molecule has 0 unspecified atom stereocenters. The van der Waals surface area contributed by atoms with Gasteiger partial charge in [0, 0.05) is 5.69 Å². The Morgan fingerprint density at radius 2 is 1.65 bits per heavy atom. The number of halogens is 3. The Kier molecular flexibility index (Phi) is 6.14. The van der Waals surface area contributed by atoms with E-state index in [9.17, 15) is 27.6 Å². The van der Waals surface area contributed by atoms with Gasteiger partial charge in [-0.05, 0) is 42.3 Å². The third kappa shape index (κ3) is 4.52. The number of alkyl halides is 3. The number of aromatic nitrogens is 2. The maximum absolute atomic E-state index is 13.1. The van der Waals surface area contributed by atoms with Crippen LogP contribution in [0.4, 0.5) is 18.0 Å². The molecular formula is C24H21F3N4O3. The van der Waals surface area contributed by atoms with Crippen molar-refractivity contribution in [1.29, 1.82) is 0 Å². The number of hydrogen-bond acceptors (Lipinski definition) is 3. The van der Waals surface area contributed by atoms with Gasteiger partial charge in [0.15, 0.2) is 0 Å². The molecule has 0 aliphatic carbocycles. The molecule has 1 aliphatic rings. The fourth-order valence-corrected chi connectivity index (χ4v) is 3.69. The smallest absolute Gasteiger partial charge is 0.303 e. The van der Waals surface area contributed by atoms with Crippen molar-refractivity contribution in [3.05, 3.63) is 93.0 Å². The van der Waals surface area contributed by atoms with E-state index in [-0.39, 0.29) is 23.4 Å². The van der Waals surface area contributed by atoms with Gasteiger partial charge in [-0.25, -0.2) is 9.48 Å². The second kappa shape index (κ2) is 9.05. The van der Waals surface area contributed by atoms with Crippen LogP contribution in [-0.4, -0.2) is 26.6 Å². The molecule has 0 bridgehead atoms. The SMILES string of the molecule is CCCc1[nH]n(-c2ccccc2)c(=O)c1C=C1NC(=O)N(Cc2ccc(C(F)(F)F)cc2)C1=O. The number of nitrogens with one attached hydrogen (secondary N) is 2. The van der Waals surface area contributed by atoms with E-state index in [0.717, 1.165) is 23.5 Å². The monoisotopic (exact) mass is 470 g/mol. The minimum atomic E-state index is -4.48. The first-order valence-corrected chi connectivity index (χ1v) is 10.6. The van der Waals surface area contributed by atoms with Crippen molar-refractivity contribution in [2.24, 2.45) is 0 Å². The van der Waals surface area contributed by atoms with Gasteiger partial charge in [0.2, 0.25) is 0 Å². The van der Waals surface area contributed by atoms with Gasteiger partial charge < -0.3 is 5.32 Å². The van der Waals surface area contributed by atoms with Gasteiger partial charge in [-0.1, -0.05) is 43.7 Å². The van der Waals surface area contributed by atoms with Gasteiger partial charge in [-0.3, -0.25) is 19.6 Å². The Labute approximate surface area is 192 Å². The van der Waals surface area contributed by atoms with E-state index < -0.39 is 23.7 Å². The lowest BCUT2D eigenvalue weighted by atomic mass is 10.1. The molecule has 2 heterocycles. The standard InChI is InChI=1S/C24H21F3N4O3/c1-2-6-19-18(21(32)31(29-19)17-7-4-3-5-8-17)13-20-22(33)30(23(34)28-20)14-15-9-11-16(12-10-15)24(25,26)27/h3-5,7-13,29H,2,6,14H2,1H3,(H,28,34). The zero-order chi connectivity index (χ0) is 24.5. The summed E-state index contributed by atoms with van der Waals surface area (Å²) in [6.45, 7) is 1.74. The predicted molar refractivity (Wildman–Crippen MR) is 119 cm³/mol. The first-order chi connectivity index (χ1) is 16.2. The highest BCUT2D eigenvalue weighted by molar-refractivity contribution is 6.13. The molecule has 1 saturated heterocycles. The topological polar surface area (TPSA) is 87.2 Å². The maximum atomic E-state index is 13.1. The first kappa shape index (κ1) is 23.1. The minimum absolute atomic E-state index is 0.0782. The number of imide groups is 1. The average molecular weight is 470 g/mol. The van der Waals surface area contributed by atoms with E-state index in [1.165, 1.54) is 22.9 Å². The Morgan fingerprint density at radius 1 is 0.971 bits per heavy atom. The molecular weight excluding hydrogens is 449 g/mol. The number of aryl methyl sites for hydroxylation is 1. The Bertz CT molecular complexity index is 1310. The average Bonchev–Trinajstić information content (AvgIpc) is 3.25. The zero-order valence-electron chi connectivity index (χ0n) is 18.1. The van der Waals surface area contributed by atoms with Gasteiger partial charge in [0.05, 0.1) is 23.4 Å². The second-order valence-corrected chi connectivity index (χ2v) is 7.80. The third-order valence-electron chi connectivity index (χ3n) is 5.39. The van der Waals surface area contributed by atoms with Crippen LogP contribution in [0.1, 0.15) is 35.7 Å². The summed E-state index contributed by atoms with van der Waals surface area (Å²) in [6, 6.07) is 12.4. The number of H-pyrrole nitrogens is 1. The molecule has 2 N–H and O–H groups in total. The summed E-state index contributed by atoms with van der Waals surface area (Å²) in [4.78, 5) is 39.3. The molecule has 4 rings (SSSR count). The van der Waals surface area contributed by atoms with Crippen molar-refractivity contribution >= 4 is 18.0 Å². The lowest BCUT2D eigenvalue weighted by Crippen LogP contribution is -2.30. The molecule has 0 spiro atoms. The number of hydrogen-bond donors (Lipinski definition) is 2. The number of rotatable bonds is 6. The van der Waals surface area contributed by atoms with Gasteiger partial charge in [0.25, 0.3) is 11.5 Å². The van der Waals surface area contributed by atoms with Crippen molar-refractivity contribution < 1.29 is 22.8 Å². The molecule has 0 atom stereocenters. The molecule has 1 aliphatic heterocycles. The molecule has 1 fully saturated rings. The number of carbonyl (C=O) groups is 2. The van der Waals surface area contributed by atoms with Crippen LogP contribution >= 0.6 is 0 Å². The number of amides is 3. The predicted octanol–water partition coefficient (Wildman–Crippen LogP) is 4.23. The summed E-state index contributed by atoms with van der Waals surface area (Å²) in [5.74, 6) is -0.667. The summed E-state index contributed by atoms with van der Waals surface area (Å²) in [7, 11) is 0. The van der Waals surface area contributed by atoms with Gasteiger partial charge in [-0.15, -0.1) is 0 Å².